The highest BCUT2D eigenvalue weighted by Gasteiger charge is 2.26. The molecule has 158 valence electrons. The summed E-state index contributed by atoms with van der Waals surface area (Å²) in [5, 5.41) is 5.31. The van der Waals surface area contributed by atoms with E-state index in [2.05, 4.69) is 22.5 Å². The van der Waals surface area contributed by atoms with Crippen LogP contribution in [0.5, 0.6) is 11.5 Å². The summed E-state index contributed by atoms with van der Waals surface area (Å²) in [5.74, 6) is 0.976. The molecule has 0 saturated carbocycles. The minimum absolute atomic E-state index is 0.135. The number of para-hydroxylation sites is 1. The lowest BCUT2D eigenvalue weighted by molar-refractivity contribution is -0.120. The van der Waals surface area contributed by atoms with Gasteiger partial charge in [-0.3, -0.25) is 20.2 Å². The van der Waals surface area contributed by atoms with Gasteiger partial charge in [0, 0.05) is 11.1 Å². The van der Waals surface area contributed by atoms with Crippen LogP contribution in [0, 0.1) is 0 Å². The van der Waals surface area contributed by atoms with Gasteiger partial charge in [-0.05, 0) is 43.7 Å². The fourth-order valence-electron chi connectivity index (χ4n) is 3.09. The Morgan fingerprint density at radius 1 is 1.13 bits per heavy atom. The van der Waals surface area contributed by atoms with Gasteiger partial charge in [0.05, 0.1) is 25.7 Å². The van der Waals surface area contributed by atoms with Gasteiger partial charge >= 0.3 is 0 Å². The van der Waals surface area contributed by atoms with E-state index in [1.165, 1.54) is 0 Å². The van der Waals surface area contributed by atoms with Crippen molar-refractivity contribution in [1.82, 2.24) is 10.6 Å². The van der Waals surface area contributed by atoms with E-state index in [4.69, 9.17) is 9.47 Å². The average molecular weight is 409 g/mol. The van der Waals surface area contributed by atoms with E-state index in [1.54, 1.807) is 24.3 Å². The highest BCUT2D eigenvalue weighted by molar-refractivity contribution is 6.10. The highest BCUT2D eigenvalue weighted by Crippen LogP contribution is 2.31. The minimum Gasteiger partial charge on any atom is -0.494 e. The second-order valence-electron chi connectivity index (χ2n) is 6.90. The first-order valence-corrected chi connectivity index (χ1v) is 10.2. The molecule has 2 aromatic carbocycles. The van der Waals surface area contributed by atoms with Gasteiger partial charge in [-0.2, -0.15) is 0 Å². The zero-order chi connectivity index (χ0) is 21.3. The van der Waals surface area contributed by atoms with Gasteiger partial charge in [0.15, 0.2) is 0 Å². The zero-order valence-corrected chi connectivity index (χ0v) is 17.3. The number of hydrogen-bond donors (Lipinski definition) is 2. The summed E-state index contributed by atoms with van der Waals surface area (Å²) in [6.45, 7) is 5.17. The topological polar surface area (TPSA) is 89.0 Å². The molecule has 0 saturated heterocycles. The quantitative estimate of drug-likeness (QED) is 0.652. The number of hydrogen-bond acceptors (Lipinski definition) is 5. The first-order valence-electron chi connectivity index (χ1n) is 10.2. The lowest BCUT2D eigenvalue weighted by Crippen LogP contribution is -2.47. The van der Waals surface area contributed by atoms with Crippen LogP contribution in [0.3, 0.4) is 0 Å². The summed E-state index contributed by atoms with van der Waals surface area (Å²) in [7, 11) is 0. The van der Waals surface area contributed by atoms with Crippen molar-refractivity contribution < 1.29 is 19.1 Å². The van der Waals surface area contributed by atoms with Crippen molar-refractivity contribution in [3.8, 4) is 11.5 Å². The van der Waals surface area contributed by atoms with Crippen molar-refractivity contribution in [2.75, 3.05) is 13.2 Å². The molecule has 0 spiro atoms. The molecule has 1 atom stereocenters. The SMILES string of the molecule is CCCCOc1ccc(C(=O)NC2=NC(c3ccccc3OCC)CC(=O)N2)cc1. The maximum Gasteiger partial charge on any atom is 0.257 e. The van der Waals surface area contributed by atoms with Gasteiger partial charge in [-0.15, -0.1) is 0 Å². The van der Waals surface area contributed by atoms with E-state index in [0.717, 1.165) is 24.2 Å². The average Bonchev–Trinajstić information content (AvgIpc) is 2.74. The predicted octanol–water partition coefficient (Wildman–Crippen LogP) is 3.61. The molecule has 0 radical (unpaired) electrons. The van der Waals surface area contributed by atoms with Crippen LogP contribution in [0.2, 0.25) is 0 Å². The standard InChI is InChI=1S/C23H27N3O4/c1-3-5-14-30-17-12-10-16(11-13-17)22(28)26-23-24-19(15-21(27)25-23)18-8-6-7-9-20(18)29-4-2/h6-13,19H,3-5,14-15H2,1-2H3,(H2,24,25,26,27,28). The summed E-state index contributed by atoms with van der Waals surface area (Å²) < 4.78 is 11.3. The maximum absolute atomic E-state index is 12.6. The van der Waals surface area contributed by atoms with Crippen LogP contribution in [-0.2, 0) is 4.79 Å². The molecule has 3 rings (SSSR count). The first-order chi connectivity index (χ1) is 14.6. The van der Waals surface area contributed by atoms with Crippen LogP contribution < -0.4 is 20.1 Å². The Hall–Kier alpha value is -3.35. The van der Waals surface area contributed by atoms with Crippen molar-refractivity contribution in [3.63, 3.8) is 0 Å². The number of nitrogens with zero attached hydrogens (tertiary/aromatic N) is 1. The largest absolute Gasteiger partial charge is 0.494 e. The van der Waals surface area contributed by atoms with Crippen LogP contribution >= 0.6 is 0 Å². The maximum atomic E-state index is 12.6. The fourth-order valence-corrected chi connectivity index (χ4v) is 3.09. The molecule has 1 aliphatic rings. The van der Waals surface area contributed by atoms with Crippen LogP contribution in [0.25, 0.3) is 0 Å². The summed E-state index contributed by atoms with van der Waals surface area (Å²) in [5.41, 5.74) is 1.26. The molecule has 1 heterocycles. The predicted molar refractivity (Wildman–Crippen MR) is 115 cm³/mol. The molecule has 0 fully saturated rings. The second-order valence-corrected chi connectivity index (χ2v) is 6.90. The summed E-state index contributed by atoms with van der Waals surface area (Å²) in [6, 6.07) is 13.9. The molecule has 2 aromatic rings. The Balaban J connectivity index is 1.70. The molecule has 2 amide bonds. The van der Waals surface area contributed by atoms with Crippen LogP contribution in [-0.4, -0.2) is 31.0 Å². The second kappa shape index (κ2) is 10.4. The van der Waals surface area contributed by atoms with Gasteiger partial charge in [-0.1, -0.05) is 31.5 Å². The molecule has 2 N–H and O–H groups in total. The fraction of sp³-hybridized carbons (Fsp3) is 0.348. The number of guanidine groups is 1. The summed E-state index contributed by atoms with van der Waals surface area (Å²) >= 11 is 0. The Kier molecular flexibility index (Phi) is 7.43. The van der Waals surface area contributed by atoms with E-state index in [9.17, 15) is 9.59 Å². The molecule has 1 aliphatic heterocycles. The number of carbonyl (C=O) groups is 2. The van der Waals surface area contributed by atoms with E-state index in [1.807, 2.05) is 31.2 Å². The molecule has 30 heavy (non-hydrogen) atoms. The highest BCUT2D eigenvalue weighted by atomic mass is 16.5. The van der Waals surface area contributed by atoms with E-state index in [-0.39, 0.29) is 24.2 Å². The number of ether oxygens (including phenoxy) is 2. The number of nitrogens with one attached hydrogen (secondary N) is 2. The third kappa shape index (κ3) is 5.59. The molecule has 1 unspecified atom stereocenters. The molecular formula is C23H27N3O4. The third-order valence-electron chi connectivity index (χ3n) is 4.61. The molecule has 0 bridgehead atoms. The number of unbranched alkanes of at least 4 members (excludes halogenated alkanes) is 1. The van der Waals surface area contributed by atoms with Crippen LogP contribution in [0.15, 0.2) is 53.5 Å². The van der Waals surface area contributed by atoms with Crippen molar-refractivity contribution >= 4 is 17.8 Å². The Morgan fingerprint density at radius 3 is 2.63 bits per heavy atom. The zero-order valence-electron chi connectivity index (χ0n) is 17.3. The lowest BCUT2D eigenvalue weighted by atomic mass is 10.0. The first kappa shape index (κ1) is 21.4. The molecule has 0 aromatic heterocycles. The van der Waals surface area contributed by atoms with Gasteiger partial charge in [0.1, 0.15) is 11.5 Å². The van der Waals surface area contributed by atoms with Gasteiger partial charge < -0.3 is 9.47 Å². The third-order valence-corrected chi connectivity index (χ3v) is 4.61. The molecular weight excluding hydrogens is 382 g/mol. The van der Waals surface area contributed by atoms with Gasteiger partial charge in [-0.25, -0.2) is 4.99 Å². The van der Waals surface area contributed by atoms with Crippen molar-refractivity contribution in [2.45, 2.75) is 39.2 Å². The summed E-state index contributed by atoms with van der Waals surface area (Å²) in [4.78, 5) is 29.3. The van der Waals surface area contributed by atoms with Crippen molar-refractivity contribution in [2.24, 2.45) is 4.99 Å². The number of carbonyl (C=O) groups excluding carboxylic acids is 2. The van der Waals surface area contributed by atoms with Gasteiger partial charge in [0.25, 0.3) is 5.91 Å². The number of amides is 2. The van der Waals surface area contributed by atoms with E-state index < -0.39 is 6.04 Å². The van der Waals surface area contributed by atoms with Crippen LogP contribution in [0.4, 0.5) is 0 Å². The van der Waals surface area contributed by atoms with Crippen LogP contribution in [0.1, 0.15) is 55.1 Å². The minimum atomic E-state index is -0.425. The number of benzene rings is 2. The monoisotopic (exact) mass is 409 g/mol. The molecule has 7 nitrogen and oxygen atoms in total. The lowest BCUT2D eigenvalue weighted by Gasteiger charge is -2.23. The smallest absolute Gasteiger partial charge is 0.257 e. The normalized spacial score (nSPS) is 15.7. The number of aliphatic imine (C=N–C) groups is 1. The van der Waals surface area contributed by atoms with Crippen molar-refractivity contribution in [1.29, 1.82) is 0 Å². The molecule has 7 heteroatoms. The van der Waals surface area contributed by atoms with Gasteiger partial charge in [0.2, 0.25) is 11.9 Å². The molecule has 0 aliphatic carbocycles. The van der Waals surface area contributed by atoms with E-state index >= 15 is 0 Å². The number of rotatable bonds is 8. The Morgan fingerprint density at radius 2 is 1.90 bits per heavy atom. The Bertz CT molecular complexity index is 909. The summed E-state index contributed by atoms with van der Waals surface area (Å²) in [6.07, 6.45) is 2.23. The van der Waals surface area contributed by atoms with E-state index in [0.29, 0.717) is 24.5 Å². The Labute approximate surface area is 176 Å². The van der Waals surface area contributed by atoms with Crippen molar-refractivity contribution in [3.05, 3.63) is 59.7 Å².